The second-order valence-electron chi connectivity index (χ2n) is 5.95. The van der Waals surface area contributed by atoms with Crippen LogP contribution in [0.15, 0.2) is 12.1 Å². The Hall–Kier alpha value is -1.09. The van der Waals surface area contributed by atoms with Crippen LogP contribution < -0.4 is 10.6 Å². The van der Waals surface area contributed by atoms with Crippen molar-refractivity contribution in [3.63, 3.8) is 0 Å². The highest BCUT2D eigenvalue weighted by Crippen LogP contribution is 2.29. The van der Waals surface area contributed by atoms with E-state index in [0.717, 1.165) is 30.5 Å². The molecule has 1 saturated carbocycles. The van der Waals surface area contributed by atoms with Crippen LogP contribution in [0.4, 0.5) is 5.82 Å². The Morgan fingerprint density at radius 1 is 1.37 bits per heavy atom. The fraction of sp³-hybridized carbons (Fsp3) is 0.688. The number of nitrogens with two attached hydrogens (primary N) is 1. The van der Waals surface area contributed by atoms with E-state index < -0.39 is 0 Å². The van der Waals surface area contributed by atoms with Gasteiger partial charge >= 0.3 is 0 Å². The maximum atomic E-state index is 5.82. The third-order valence-corrected chi connectivity index (χ3v) is 4.13. The summed E-state index contributed by atoms with van der Waals surface area (Å²) in [6.45, 7) is 9.36. The molecule has 0 aliphatic heterocycles. The summed E-state index contributed by atoms with van der Waals surface area (Å²) >= 11 is 0. The van der Waals surface area contributed by atoms with Crippen molar-refractivity contribution in [1.82, 2.24) is 4.98 Å². The van der Waals surface area contributed by atoms with Crippen molar-refractivity contribution in [1.29, 1.82) is 0 Å². The van der Waals surface area contributed by atoms with E-state index in [9.17, 15) is 0 Å². The molecule has 0 radical (unpaired) electrons. The van der Waals surface area contributed by atoms with Crippen LogP contribution in [0.3, 0.4) is 0 Å². The minimum Gasteiger partial charge on any atom is -0.357 e. The predicted molar refractivity (Wildman–Crippen MR) is 81.4 cm³/mol. The summed E-state index contributed by atoms with van der Waals surface area (Å²) < 4.78 is 0. The number of nitrogens with zero attached hydrogens (tertiary/aromatic N) is 2. The molecule has 2 rings (SSSR count). The highest BCUT2D eigenvalue weighted by Gasteiger charge is 2.21. The minimum absolute atomic E-state index is 0.452. The number of rotatable bonds is 6. The van der Waals surface area contributed by atoms with Crippen molar-refractivity contribution >= 4 is 5.82 Å². The van der Waals surface area contributed by atoms with Crippen LogP contribution in [0.1, 0.15) is 57.2 Å². The van der Waals surface area contributed by atoms with E-state index in [1.54, 1.807) is 0 Å². The zero-order valence-electron chi connectivity index (χ0n) is 12.5. The zero-order chi connectivity index (χ0) is 13.8. The van der Waals surface area contributed by atoms with Gasteiger partial charge in [-0.3, -0.25) is 0 Å². The van der Waals surface area contributed by atoms with E-state index in [1.807, 2.05) is 0 Å². The Labute approximate surface area is 117 Å². The highest BCUT2D eigenvalue weighted by atomic mass is 15.2. The lowest BCUT2D eigenvalue weighted by atomic mass is 9.85. The predicted octanol–water partition coefficient (Wildman–Crippen LogP) is 3.29. The quantitative estimate of drug-likeness (QED) is 0.854. The van der Waals surface area contributed by atoms with Crippen molar-refractivity contribution in [2.45, 2.75) is 52.5 Å². The first kappa shape index (κ1) is 14.3. The van der Waals surface area contributed by atoms with Gasteiger partial charge in [-0.05, 0) is 49.3 Å². The van der Waals surface area contributed by atoms with Crippen molar-refractivity contribution in [3.8, 4) is 0 Å². The molecule has 0 amide bonds. The lowest BCUT2D eigenvalue weighted by Crippen LogP contribution is -2.33. The Morgan fingerprint density at radius 3 is 2.58 bits per heavy atom. The fourth-order valence-corrected chi connectivity index (χ4v) is 2.54. The molecule has 1 fully saturated rings. The molecule has 0 unspecified atom stereocenters. The van der Waals surface area contributed by atoms with E-state index in [4.69, 9.17) is 10.7 Å². The van der Waals surface area contributed by atoms with Crippen molar-refractivity contribution in [3.05, 3.63) is 23.4 Å². The van der Waals surface area contributed by atoms with E-state index in [2.05, 4.69) is 37.8 Å². The molecular formula is C16H27N3. The molecule has 0 spiro atoms. The van der Waals surface area contributed by atoms with Crippen LogP contribution >= 0.6 is 0 Å². The average Bonchev–Trinajstić information content (AvgIpc) is 2.37. The van der Waals surface area contributed by atoms with Gasteiger partial charge in [0, 0.05) is 25.3 Å². The summed E-state index contributed by atoms with van der Waals surface area (Å²) in [5.41, 5.74) is 8.17. The molecule has 0 bridgehead atoms. The summed E-state index contributed by atoms with van der Waals surface area (Å²) in [6.07, 6.45) is 4.16. The van der Waals surface area contributed by atoms with Gasteiger partial charge in [-0.25, -0.2) is 4.98 Å². The number of hydrogen-bond acceptors (Lipinski definition) is 3. The molecule has 1 aromatic rings. The molecule has 1 aliphatic carbocycles. The topological polar surface area (TPSA) is 42.1 Å². The van der Waals surface area contributed by atoms with Crippen LogP contribution in [-0.2, 0) is 6.54 Å². The summed E-state index contributed by atoms with van der Waals surface area (Å²) in [6, 6.07) is 4.30. The van der Waals surface area contributed by atoms with Crippen LogP contribution in [0.5, 0.6) is 0 Å². The van der Waals surface area contributed by atoms with Gasteiger partial charge in [0.1, 0.15) is 5.82 Å². The highest BCUT2D eigenvalue weighted by molar-refractivity contribution is 5.43. The molecule has 2 N–H and O–H groups in total. The average molecular weight is 261 g/mol. The molecule has 0 atom stereocenters. The minimum atomic E-state index is 0.452. The molecule has 1 aromatic heterocycles. The molecule has 0 saturated heterocycles. The van der Waals surface area contributed by atoms with Crippen LogP contribution in [0, 0.1) is 5.92 Å². The number of anilines is 1. The molecule has 3 nitrogen and oxygen atoms in total. The van der Waals surface area contributed by atoms with Gasteiger partial charge in [-0.1, -0.05) is 20.3 Å². The number of hydrogen-bond donors (Lipinski definition) is 1. The third-order valence-electron chi connectivity index (χ3n) is 4.13. The van der Waals surface area contributed by atoms with Gasteiger partial charge in [-0.2, -0.15) is 0 Å². The van der Waals surface area contributed by atoms with E-state index in [-0.39, 0.29) is 0 Å². The lowest BCUT2D eigenvalue weighted by molar-refractivity contribution is 0.318. The van der Waals surface area contributed by atoms with Crippen molar-refractivity contribution in [2.75, 3.05) is 18.0 Å². The second-order valence-corrected chi connectivity index (χ2v) is 5.95. The number of aromatic nitrogens is 1. The first-order valence-electron chi connectivity index (χ1n) is 7.60. The molecule has 106 valence electrons. The van der Waals surface area contributed by atoms with Crippen LogP contribution in [-0.4, -0.2) is 18.1 Å². The lowest BCUT2D eigenvalue weighted by Gasteiger charge is -2.33. The Morgan fingerprint density at radius 2 is 2.11 bits per heavy atom. The van der Waals surface area contributed by atoms with E-state index in [0.29, 0.717) is 12.5 Å². The molecule has 1 aliphatic rings. The normalized spacial score (nSPS) is 15.6. The Bertz CT molecular complexity index is 410. The SMILES string of the molecule is CCN(CC1CCC1)c1cc(CN)cc(C(C)C)n1. The summed E-state index contributed by atoms with van der Waals surface area (Å²) in [5.74, 6) is 2.43. The van der Waals surface area contributed by atoms with Crippen molar-refractivity contribution in [2.24, 2.45) is 11.7 Å². The smallest absolute Gasteiger partial charge is 0.129 e. The summed E-state index contributed by atoms with van der Waals surface area (Å²) in [7, 11) is 0. The standard InChI is InChI=1S/C16H27N3/c1-4-19(11-13-6-5-7-13)16-9-14(10-17)8-15(18-16)12(2)3/h8-9,12-13H,4-7,10-11,17H2,1-3H3. The monoisotopic (exact) mass is 261 g/mol. The first-order chi connectivity index (χ1) is 9.13. The van der Waals surface area contributed by atoms with Crippen LogP contribution in [0.2, 0.25) is 0 Å². The van der Waals surface area contributed by atoms with E-state index >= 15 is 0 Å². The van der Waals surface area contributed by atoms with Gasteiger partial charge < -0.3 is 10.6 Å². The molecular weight excluding hydrogens is 234 g/mol. The molecule has 0 aromatic carbocycles. The van der Waals surface area contributed by atoms with Gasteiger partial charge in [0.25, 0.3) is 0 Å². The van der Waals surface area contributed by atoms with Gasteiger partial charge in [0.15, 0.2) is 0 Å². The Kier molecular flexibility index (Phi) is 4.81. The third kappa shape index (κ3) is 3.47. The van der Waals surface area contributed by atoms with Gasteiger partial charge in [0.05, 0.1) is 0 Å². The molecule has 1 heterocycles. The fourth-order valence-electron chi connectivity index (χ4n) is 2.54. The maximum Gasteiger partial charge on any atom is 0.129 e. The molecule has 19 heavy (non-hydrogen) atoms. The molecule has 3 heteroatoms. The second kappa shape index (κ2) is 6.38. The largest absolute Gasteiger partial charge is 0.357 e. The Balaban J connectivity index is 2.21. The van der Waals surface area contributed by atoms with E-state index in [1.165, 1.54) is 24.8 Å². The number of pyridine rings is 1. The first-order valence-corrected chi connectivity index (χ1v) is 7.60. The van der Waals surface area contributed by atoms with Gasteiger partial charge in [-0.15, -0.1) is 0 Å². The maximum absolute atomic E-state index is 5.82. The van der Waals surface area contributed by atoms with Crippen LogP contribution in [0.25, 0.3) is 0 Å². The summed E-state index contributed by atoms with van der Waals surface area (Å²) in [4.78, 5) is 7.25. The summed E-state index contributed by atoms with van der Waals surface area (Å²) in [5, 5.41) is 0. The van der Waals surface area contributed by atoms with Gasteiger partial charge in [0.2, 0.25) is 0 Å². The van der Waals surface area contributed by atoms with Crippen molar-refractivity contribution < 1.29 is 0 Å². The zero-order valence-corrected chi connectivity index (χ0v) is 12.5.